The lowest BCUT2D eigenvalue weighted by atomic mass is 10.2. The average molecular weight is 264 g/mol. The van der Waals surface area contributed by atoms with Crippen molar-refractivity contribution in [2.24, 2.45) is 0 Å². The summed E-state index contributed by atoms with van der Waals surface area (Å²) in [6, 6.07) is 0. The van der Waals surface area contributed by atoms with Crippen molar-refractivity contribution >= 4 is 11.9 Å². The van der Waals surface area contributed by atoms with Crippen LogP contribution in [0.25, 0.3) is 0 Å². The van der Waals surface area contributed by atoms with Crippen LogP contribution < -0.4 is 0 Å². The zero-order chi connectivity index (χ0) is 14.7. The van der Waals surface area contributed by atoms with Crippen molar-refractivity contribution in [3.63, 3.8) is 0 Å². The molecule has 0 saturated heterocycles. The summed E-state index contributed by atoms with van der Waals surface area (Å²) in [4.78, 5) is 22.8. The maximum atomic E-state index is 11.5. The van der Waals surface area contributed by atoms with E-state index in [2.05, 4.69) is 19.1 Å². The Kier molecular flexibility index (Phi) is 8.90. The molecule has 0 aromatic rings. The fourth-order valence-corrected chi connectivity index (χ4v) is 1.30. The van der Waals surface area contributed by atoms with E-state index < -0.39 is 18.0 Å². The number of esters is 2. The first kappa shape index (κ1) is 17.0. The van der Waals surface area contributed by atoms with Crippen molar-refractivity contribution in [3.8, 4) is 12.3 Å². The molecule has 19 heavy (non-hydrogen) atoms. The molecule has 0 fully saturated rings. The zero-order valence-electron chi connectivity index (χ0n) is 11.3. The molecule has 0 aliphatic carbocycles. The van der Waals surface area contributed by atoms with Gasteiger partial charge in [-0.05, 0) is 6.92 Å². The topological polar surface area (TPSA) is 52.6 Å². The van der Waals surface area contributed by atoms with Gasteiger partial charge in [-0.25, -0.2) is 0 Å². The summed E-state index contributed by atoms with van der Waals surface area (Å²) in [7, 11) is 0. The van der Waals surface area contributed by atoms with Gasteiger partial charge in [0.1, 0.15) is 6.10 Å². The smallest absolute Gasteiger partial charge is 0.307 e. The predicted molar refractivity (Wildman–Crippen MR) is 73.1 cm³/mol. The first-order chi connectivity index (χ1) is 9.03. The molecular weight excluding hydrogens is 244 g/mol. The highest BCUT2D eigenvalue weighted by Crippen LogP contribution is 2.08. The summed E-state index contributed by atoms with van der Waals surface area (Å²) < 4.78 is 10.0. The van der Waals surface area contributed by atoms with Crippen LogP contribution in [0.3, 0.4) is 0 Å². The molecule has 4 nitrogen and oxygen atoms in total. The van der Waals surface area contributed by atoms with E-state index in [0.717, 1.165) is 0 Å². The highest BCUT2D eigenvalue weighted by Gasteiger charge is 2.14. The monoisotopic (exact) mass is 264 g/mol. The fourth-order valence-electron chi connectivity index (χ4n) is 1.30. The fraction of sp³-hybridized carbons (Fsp3) is 0.467. The molecule has 0 aromatic heterocycles. The third-order valence-electron chi connectivity index (χ3n) is 2.23. The summed E-state index contributed by atoms with van der Waals surface area (Å²) in [6.45, 7) is 8.76. The van der Waals surface area contributed by atoms with E-state index in [4.69, 9.17) is 15.9 Å². The van der Waals surface area contributed by atoms with Crippen molar-refractivity contribution in [2.75, 3.05) is 0 Å². The summed E-state index contributed by atoms with van der Waals surface area (Å²) in [5.41, 5.74) is 0. The molecular formula is C15H20O4. The van der Waals surface area contributed by atoms with Crippen LogP contribution in [0, 0.1) is 12.3 Å². The van der Waals surface area contributed by atoms with Gasteiger partial charge in [0.15, 0.2) is 6.10 Å². The Hall–Kier alpha value is -2.02. The molecule has 0 rings (SSSR count). The molecule has 104 valence electrons. The van der Waals surface area contributed by atoms with Gasteiger partial charge >= 0.3 is 11.9 Å². The van der Waals surface area contributed by atoms with Gasteiger partial charge in [0, 0.05) is 12.8 Å². The molecule has 0 N–H and O–H groups in total. The SMILES string of the molecule is C#CC(C)OC(=O)CCC(=O)OC(CC=C)CC=C. The van der Waals surface area contributed by atoms with Crippen LogP contribution in [-0.2, 0) is 19.1 Å². The Morgan fingerprint density at radius 1 is 1.16 bits per heavy atom. The summed E-state index contributed by atoms with van der Waals surface area (Å²) >= 11 is 0. The molecule has 4 heteroatoms. The van der Waals surface area contributed by atoms with Crippen molar-refractivity contribution < 1.29 is 19.1 Å². The average Bonchev–Trinajstić information content (AvgIpc) is 2.37. The minimum Gasteiger partial charge on any atom is -0.462 e. The van der Waals surface area contributed by atoms with Gasteiger partial charge in [-0.2, -0.15) is 0 Å². The molecule has 0 radical (unpaired) electrons. The predicted octanol–water partition coefficient (Wildman–Crippen LogP) is 2.40. The van der Waals surface area contributed by atoms with Crippen LogP contribution >= 0.6 is 0 Å². The Balaban J connectivity index is 4.03. The van der Waals surface area contributed by atoms with E-state index in [9.17, 15) is 9.59 Å². The molecule has 0 aliphatic rings. The van der Waals surface area contributed by atoms with Crippen LogP contribution in [-0.4, -0.2) is 24.1 Å². The molecule has 1 atom stereocenters. The van der Waals surface area contributed by atoms with Crippen molar-refractivity contribution in [1.29, 1.82) is 0 Å². The number of hydrogen-bond acceptors (Lipinski definition) is 4. The normalized spacial score (nSPS) is 11.2. The van der Waals surface area contributed by atoms with Crippen LogP contribution in [0.4, 0.5) is 0 Å². The maximum Gasteiger partial charge on any atom is 0.307 e. The summed E-state index contributed by atoms with van der Waals surface area (Å²) in [5.74, 6) is 1.31. The summed E-state index contributed by atoms with van der Waals surface area (Å²) in [6.07, 6.45) is 8.59. The number of hydrogen-bond donors (Lipinski definition) is 0. The van der Waals surface area contributed by atoms with Crippen molar-refractivity contribution in [2.45, 2.75) is 44.8 Å². The largest absolute Gasteiger partial charge is 0.462 e. The molecule has 0 saturated carbocycles. The molecule has 0 bridgehead atoms. The molecule has 0 amide bonds. The second kappa shape index (κ2) is 9.95. The standard InChI is InChI=1S/C15H20O4/c1-5-8-13(9-6-2)19-15(17)11-10-14(16)18-12(4)7-3/h3,5-6,12-13H,1-2,8-11H2,4H3. The third-order valence-corrected chi connectivity index (χ3v) is 2.23. The molecule has 0 aliphatic heterocycles. The van der Waals surface area contributed by atoms with Crippen LogP contribution in [0.15, 0.2) is 25.3 Å². The van der Waals surface area contributed by atoms with Gasteiger partial charge in [-0.1, -0.05) is 18.1 Å². The number of ether oxygens (including phenoxy) is 2. The minimum atomic E-state index is -0.585. The quantitative estimate of drug-likeness (QED) is 0.364. The lowest BCUT2D eigenvalue weighted by molar-refractivity contribution is -0.154. The Bertz CT molecular complexity index is 355. The van der Waals surface area contributed by atoms with E-state index >= 15 is 0 Å². The number of carbonyl (C=O) groups is 2. The van der Waals surface area contributed by atoms with Crippen molar-refractivity contribution in [1.82, 2.24) is 0 Å². The van der Waals surface area contributed by atoms with Crippen LogP contribution in [0.2, 0.25) is 0 Å². The van der Waals surface area contributed by atoms with Crippen molar-refractivity contribution in [3.05, 3.63) is 25.3 Å². The lowest BCUT2D eigenvalue weighted by Crippen LogP contribution is -2.19. The highest BCUT2D eigenvalue weighted by atomic mass is 16.5. The lowest BCUT2D eigenvalue weighted by Gasteiger charge is -2.14. The first-order valence-corrected chi connectivity index (χ1v) is 6.10. The zero-order valence-corrected chi connectivity index (χ0v) is 11.3. The number of rotatable bonds is 9. The minimum absolute atomic E-state index is 0.0269. The van der Waals surface area contributed by atoms with Gasteiger partial charge in [0.05, 0.1) is 12.8 Å². The van der Waals surface area contributed by atoms with Gasteiger partial charge < -0.3 is 9.47 Å². The second-order valence-electron chi connectivity index (χ2n) is 3.96. The van der Waals surface area contributed by atoms with Gasteiger partial charge in [0.2, 0.25) is 0 Å². The number of terminal acetylenes is 1. The maximum absolute atomic E-state index is 11.5. The van der Waals surface area contributed by atoms with E-state index in [0.29, 0.717) is 12.8 Å². The Morgan fingerprint density at radius 2 is 1.63 bits per heavy atom. The molecule has 0 spiro atoms. The van der Waals surface area contributed by atoms with Crippen LogP contribution in [0.1, 0.15) is 32.6 Å². The van der Waals surface area contributed by atoms with Gasteiger partial charge in [-0.15, -0.1) is 19.6 Å². The van der Waals surface area contributed by atoms with E-state index in [-0.39, 0.29) is 18.9 Å². The van der Waals surface area contributed by atoms with Crippen LogP contribution in [0.5, 0.6) is 0 Å². The molecule has 1 unspecified atom stereocenters. The highest BCUT2D eigenvalue weighted by molar-refractivity contribution is 5.77. The van der Waals surface area contributed by atoms with E-state index in [1.165, 1.54) is 0 Å². The molecule has 0 heterocycles. The summed E-state index contributed by atoms with van der Waals surface area (Å²) in [5, 5.41) is 0. The Morgan fingerprint density at radius 3 is 2.05 bits per heavy atom. The van der Waals surface area contributed by atoms with E-state index in [1.54, 1.807) is 19.1 Å². The number of carbonyl (C=O) groups excluding carboxylic acids is 2. The molecule has 0 aromatic carbocycles. The Labute approximate surface area is 114 Å². The van der Waals surface area contributed by atoms with Gasteiger partial charge in [-0.3, -0.25) is 9.59 Å². The van der Waals surface area contributed by atoms with Gasteiger partial charge in [0.25, 0.3) is 0 Å². The van der Waals surface area contributed by atoms with E-state index in [1.807, 2.05) is 0 Å². The second-order valence-corrected chi connectivity index (χ2v) is 3.96. The third kappa shape index (κ3) is 8.67. The first-order valence-electron chi connectivity index (χ1n) is 6.10.